The molecular formula is C21H31ClN2O3. The highest BCUT2D eigenvalue weighted by Crippen LogP contribution is 2.45. The van der Waals surface area contributed by atoms with Crippen LogP contribution in [0.15, 0.2) is 18.2 Å². The SMILES string of the molecule is Cl.NCC1(CC(=O)N2CCCC2c2cccc3c2OCCO3)CCCCC1. The van der Waals surface area contributed by atoms with Gasteiger partial charge in [-0.15, -0.1) is 12.4 Å². The first-order chi connectivity index (χ1) is 12.7. The van der Waals surface area contributed by atoms with Crippen molar-refractivity contribution in [1.29, 1.82) is 0 Å². The average Bonchev–Trinajstić information content (AvgIpc) is 3.18. The highest BCUT2D eigenvalue weighted by Gasteiger charge is 2.38. The summed E-state index contributed by atoms with van der Waals surface area (Å²) in [6.07, 6.45) is 8.47. The molecule has 1 atom stereocenters. The third kappa shape index (κ3) is 4.04. The van der Waals surface area contributed by atoms with Gasteiger partial charge in [-0.25, -0.2) is 0 Å². The summed E-state index contributed by atoms with van der Waals surface area (Å²) in [5.41, 5.74) is 7.22. The fourth-order valence-corrected chi connectivity index (χ4v) is 4.92. The second-order valence-electron chi connectivity index (χ2n) is 8.06. The Kier molecular flexibility index (Phi) is 6.53. The maximum Gasteiger partial charge on any atom is 0.223 e. The Morgan fingerprint density at radius 1 is 1.15 bits per heavy atom. The minimum Gasteiger partial charge on any atom is -0.486 e. The van der Waals surface area contributed by atoms with Crippen LogP contribution in [-0.2, 0) is 4.79 Å². The van der Waals surface area contributed by atoms with E-state index in [2.05, 4.69) is 11.0 Å². The molecule has 2 N–H and O–H groups in total. The van der Waals surface area contributed by atoms with Gasteiger partial charge in [0.2, 0.25) is 5.91 Å². The lowest BCUT2D eigenvalue weighted by atomic mass is 9.71. The Morgan fingerprint density at radius 2 is 1.93 bits per heavy atom. The quantitative estimate of drug-likeness (QED) is 0.842. The van der Waals surface area contributed by atoms with Crippen molar-refractivity contribution in [3.63, 3.8) is 0 Å². The summed E-state index contributed by atoms with van der Waals surface area (Å²) in [6.45, 7) is 2.60. The summed E-state index contributed by atoms with van der Waals surface area (Å²) in [5, 5.41) is 0. The van der Waals surface area contributed by atoms with Gasteiger partial charge in [0.25, 0.3) is 0 Å². The van der Waals surface area contributed by atoms with E-state index in [1.807, 2.05) is 12.1 Å². The van der Waals surface area contributed by atoms with E-state index < -0.39 is 0 Å². The predicted molar refractivity (Wildman–Crippen MR) is 108 cm³/mol. The molecule has 1 saturated carbocycles. The largest absolute Gasteiger partial charge is 0.486 e. The zero-order valence-corrected chi connectivity index (χ0v) is 16.8. The number of nitrogens with two attached hydrogens (primary N) is 1. The van der Waals surface area contributed by atoms with Crippen molar-refractivity contribution >= 4 is 18.3 Å². The number of likely N-dealkylation sites (tertiary alicyclic amines) is 1. The Bertz CT molecular complexity index is 661. The number of hydrogen-bond donors (Lipinski definition) is 1. The number of rotatable bonds is 4. The lowest BCUT2D eigenvalue weighted by Crippen LogP contribution is -2.40. The third-order valence-electron chi connectivity index (χ3n) is 6.40. The normalized spacial score (nSPS) is 23.6. The smallest absolute Gasteiger partial charge is 0.223 e. The van der Waals surface area contributed by atoms with E-state index in [0.717, 1.165) is 49.3 Å². The van der Waals surface area contributed by atoms with Crippen molar-refractivity contribution in [3.8, 4) is 11.5 Å². The standard InChI is InChI=1S/C21H30N2O3.ClH/c22-15-21(9-2-1-3-10-21)14-19(24)23-11-5-7-17(23)16-6-4-8-18-20(16)26-13-12-25-18;/h4,6,8,17H,1-3,5,7,9-15,22H2;1H. The lowest BCUT2D eigenvalue weighted by Gasteiger charge is -2.38. The fourth-order valence-electron chi connectivity index (χ4n) is 4.92. The molecule has 6 heteroatoms. The number of carbonyl (C=O) groups excluding carboxylic acids is 1. The molecule has 4 rings (SSSR count). The van der Waals surface area contributed by atoms with Crippen LogP contribution in [0.3, 0.4) is 0 Å². The van der Waals surface area contributed by atoms with E-state index in [1.165, 1.54) is 19.3 Å². The van der Waals surface area contributed by atoms with Crippen molar-refractivity contribution in [1.82, 2.24) is 4.90 Å². The monoisotopic (exact) mass is 394 g/mol. The average molecular weight is 395 g/mol. The van der Waals surface area contributed by atoms with Crippen LogP contribution in [0.4, 0.5) is 0 Å². The summed E-state index contributed by atoms with van der Waals surface area (Å²) in [4.78, 5) is 15.3. The number of halogens is 1. The molecule has 1 aliphatic carbocycles. The third-order valence-corrected chi connectivity index (χ3v) is 6.40. The lowest BCUT2D eigenvalue weighted by molar-refractivity contribution is -0.135. The Morgan fingerprint density at radius 3 is 2.70 bits per heavy atom. The van der Waals surface area contributed by atoms with Gasteiger partial charge < -0.3 is 20.1 Å². The molecule has 1 amide bonds. The van der Waals surface area contributed by atoms with Crippen molar-refractivity contribution in [2.75, 3.05) is 26.3 Å². The van der Waals surface area contributed by atoms with E-state index in [0.29, 0.717) is 26.2 Å². The van der Waals surface area contributed by atoms with Gasteiger partial charge in [0.1, 0.15) is 13.2 Å². The van der Waals surface area contributed by atoms with Gasteiger partial charge in [0.05, 0.1) is 6.04 Å². The zero-order valence-electron chi connectivity index (χ0n) is 16.0. The molecule has 0 aromatic heterocycles. The van der Waals surface area contributed by atoms with Crippen LogP contribution in [0.25, 0.3) is 0 Å². The van der Waals surface area contributed by atoms with Crippen LogP contribution in [0.1, 0.15) is 63.0 Å². The highest BCUT2D eigenvalue weighted by molar-refractivity contribution is 5.85. The Labute approximate surface area is 168 Å². The molecule has 3 aliphatic rings. The van der Waals surface area contributed by atoms with E-state index in [9.17, 15) is 4.79 Å². The van der Waals surface area contributed by atoms with Crippen LogP contribution in [0.5, 0.6) is 11.5 Å². The maximum absolute atomic E-state index is 13.2. The van der Waals surface area contributed by atoms with Crippen molar-refractivity contribution in [2.45, 2.75) is 57.4 Å². The van der Waals surface area contributed by atoms with E-state index in [4.69, 9.17) is 15.2 Å². The fraction of sp³-hybridized carbons (Fsp3) is 0.667. The maximum atomic E-state index is 13.2. The summed E-state index contributed by atoms with van der Waals surface area (Å²) >= 11 is 0. The number of ether oxygens (including phenoxy) is 2. The van der Waals surface area contributed by atoms with Gasteiger partial charge >= 0.3 is 0 Å². The molecule has 2 heterocycles. The van der Waals surface area contributed by atoms with Gasteiger partial charge in [-0.2, -0.15) is 0 Å². The summed E-state index contributed by atoms with van der Waals surface area (Å²) in [7, 11) is 0. The molecule has 5 nitrogen and oxygen atoms in total. The molecule has 0 radical (unpaired) electrons. The molecule has 1 saturated heterocycles. The van der Waals surface area contributed by atoms with Crippen LogP contribution >= 0.6 is 12.4 Å². The van der Waals surface area contributed by atoms with Gasteiger partial charge in [-0.05, 0) is 43.7 Å². The highest BCUT2D eigenvalue weighted by atomic mass is 35.5. The van der Waals surface area contributed by atoms with Crippen molar-refractivity contribution in [2.24, 2.45) is 11.1 Å². The zero-order chi connectivity index (χ0) is 18.0. The van der Waals surface area contributed by atoms with Crippen LogP contribution in [0, 0.1) is 5.41 Å². The molecule has 2 aliphatic heterocycles. The van der Waals surface area contributed by atoms with Crippen molar-refractivity contribution < 1.29 is 14.3 Å². The molecular weight excluding hydrogens is 364 g/mol. The van der Waals surface area contributed by atoms with Gasteiger partial charge in [0.15, 0.2) is 11.5 Å². The molecule has 150 valence electrons. The number of fused-ring (bicyclic) bond motifs is 1. The Hall–Kier alpha value is -1.46. The van der Waals surface area contributed by atoms with Crippen LogP contribution in [-0.4, -0.2) is 37.1 Å². The molecule has 1 aromatic carbocycles. The molecule has 2 fully saturated rings. The van der Waals surface area contributed by atoms with Crippen molar-refractivity contribution in [3.05, 3.63) is 23.8 Å². The van der Waals surface area contributed by atoms with Gasteiger partial charge in [-0.1, -0.05) is 31.4 Å². The summed E-state index contributed by atoms with van der Waals surface area (Å²) in [6, 6.07) is 6.14. The predicted octanol–water partition coefficient (Wildman–Crippen LogP) is 3.84. The first-order valence-corrected chi connectivity index (χ1v) is 10.1. The topological polar surface area (TPSA) is 64.8 Å². The molecule has 0 bridgehead atoms. The van der Waals surface area contributed by atoms with E-state index in [1.54, 1.807) is 0 Å². The molecule has 0 spiro atoms. The molecule has 1 unspecified atom stereocenters. The summed E-state index contributed by atoms with van der Waals surface area (Å²) < 4.78 is 11.6. The van der Waals surface area contributed by atoms with Crippen LogP contribution < -0.4 is 15.2 Å². The van der Waals surface area contributed by atoms with Crippen LogP contribution in [0.2, 0.25) is 0 Å². The number of hydrogen-bond acceptors (Lipinski definition) is 4. The van der Waals surface area contributed by atoms with E-state index in [-0.39, 0.29) is 29.8 Å². The van der Waals surface area contributed by atoms with Gasteiger partial charge in [-0.3, -0.25) is 4.79 Å². The second kappa shape index (κ2) is 8.70. The first-order valence-electron chi connectivity index (χ1n) is 10.1. The first kappa shape index (κ1) is 20.3. The number of benzene rings is 1. The number of nitrogens with zero attached hydrogens (tertiary/aromatic N) is 1. The minimum absolute atomic E-state index is 0. The molecule has 27 heavy (non-hydrogen) atoms. The minimum atomic E-state index is 0. The van der Waals surface area contributed by atoms with E-state index >= 15 is 0 Å². The second-order valence-corrected chi connectivity index (χ2v) is 8.06. The molecule has 1 aromatic rings. The number of carbonyl (C=O) groups is 1. The number of amides is 1. The number of para-hydroxylation sites is 1. The van der Waals surface area contributed by atoms with Gasteiger partial charge in [0, 0.05) is 18.5 Å². The summed E-state index contributed by atoms with van der Waals surface area (Å²) in [5.74, 6) is 1.89. The Balaban J connectivity index is 0.00000210.